The van der Waals surface area contributed by atoms with E-state index in [0.717, 1.165) is 12.4 Å². The molecular weight excluding hydrogens is 270 g/mol. The molecule has 0 saturated carbocycles. The van der Waals surface area contributed by atoms with E-state index in [1.54, 1.807) is 12.1 Å². The smallest absolute Gasteiger partial charge is 0.195 e. The SMILES string of the molecule is CCn1c([C@H](C)Oc2cccc(Cl)c2)n[nH]c1=S. The van der Waals surface area contributed by atoms with Gasteiger partial charge in [-0.2, -0.15) is 5.10 Å². The number of nitrogens with one attached hydrogen (secondary N) is 1. The maximum absolute atomic E-state index is 5.91. The summed E-state index contributed by atoms with van der Waals surface area (Å²) in [5, 5.41) is 7.62. The van der Waals surface area contributed by atoms with Crippen LogP contribution in [0.3, 0.4) is 0 Å². The van der Waals surface area contributed by atoms with Crippen molar-refractivity contribution in [2.45, 2.75) is 26.5 Å². The fraction of sp³-hybridized carbons (Fsp3) is 0.333. The van der Waals surface area contributed by atoms with Crippen LogP contribution in [0.2, 0.25) is 5.02 Å². The Labute approximate surface area is 116 Å². The molecule has 1 N–H and O–H groups in total. The summed E-state index contributed by atoms with van der Waals surface area (Å²) in [4.78, 5) is 0. The monoisotopic (exact) mass is 283 g/mol. The Hall–Kier alpha value is -1.33. The zero-order valence-corrected chi connectivity index (χ0v) is 11.8. The number of H-pyrrole nitrogens is 1. The Morgan fingerprint density at radius 3 is 3.00 bits per heavy atom. The second kappa shape index (κ2) is 5.54. The largest absolute Gasteiger partial charge is 0.483 e. The maximum atomic E-state index is 5.91. The van der Waals surface area contributed by atoms with E-state index in [1.807, 2.05) is 30.5 Å². The van der Waals surface area contributed by atoms with Crippen LogP contribution in [0.25, 0.3) is 0 Å². The molecule has 1 atom stereocenters. The number of hydrogen-bond donors (Lipinski definition) is 1. The number of halogens is 1. The van der Waals surface area contributed by atoms with Crippen LogP contribution in [0.5, 0.6) is 5.75 Å². The molecule has 2 aromatic rings. The van der Waals surface area contributed by atoms with Crippen LogP contribution in [0.1, 0.15) is 25.8 Å². The van der Waals surface area contributed by atoms with Gasteiger partial charge in [-0.3, -0.25) is 5.10 Å². The summed E-state index contributed by atoms with van der Waals surface area (Å²) in [5.74, 6) is 1.49. The highest BCUT2D eigenvalue weighted by Gasteiger charge is 2.15. The van der Waals surface area contributed by atoms with Gasteiger partial charge in [-0.25, -0.2) is 0 Å². The number of aromatic nitrogens is 3. The average Bonchev–Trinajstić information content (AvgIpc) is 2.70. The number of hydrogen-bond acceptors (Lipinski definition) is 3. The molecule has 0 bridgehead atoms. The van der Waals surface area contributed by atoms with Gasteiger partial charge in [0.1, 0.15) is 5.75 Å². The second-order valence-corrected chi connectivity index (χ2v) is 4.67. The minimum Gasteiger partial charge on any atom is -0.483 e. The molecule has 1 heterocycles. The minimum absolute atomic E-state index is 0.198. The summed E-state index contributed by atoms with van der Waals surface area (Å²) in [5.41, 5.74) is 0. The highest BCUT2D eigenvalue weighted by molar-refractivity contribution is 7.71. The normalized spacial score (nSPS) is 12.4. The summed E-state index contributed by atoms with van der Waals surface area (Å²) in [6, 6.07) is 7.29. The van der Waals surface area contributed by atoms with Gasteiger partial charge in [0, 0.05) is 11.6 Å². The fourth-order valence-electron chi connectivity index (χ4n) is 1.74. The Morgan fingerprint density at radius 1 is 1.56 bits per heavy atom. The Morgan fingerprint density at radius 2 is 2.33 bits per heavy atom. The van der Waals surface area contributed by atoms with Gasteiger partial charge < -0.3 is 9.30 Å². The first-order valence-electron chi connectivity index (χ1n) is 5.69. The molecule has 6 heteroatoms. The molecule has 0 amide bonds. The number of nitrogens with zero attached hydrogens (tertiary/aromatic N) is 2. The fourth-order valence-corrected chi connectivity index (χ4v) is 2.19. The molecule has 0 radical (unpaired) electrons. The van der Waals surface area contributed by atoms with Crippen molar-refractivity contribution < 1.29 is 4.74 Å². The first kappa shape index (κ1) is 13.1. The van der Waals surface area contributed by atoms with Gasteiger partial charge in [0.05, 0.1) is 0 Å². The van der Waals surface area contributed by atoms with Crippen LogP contribution < -0.4 is 4.74 Å². The molecule has 0 aliphatic heterocycles. The highest BCUT2D eigenvalue weighted by Crippen LogP contribution is 2.23. The topological polar surface area (TPSA) is 42.8 Å². The predicted molar refractivity (Wildman–Crippen MR) is 73.6 cm³/mol. The minimum atomic E-state index is -0.198. The summed E-state index contributed by atoms with van der Waals surface area (Å²) in [7, 11) is 0. The van der Waals surface area contributed by atoms with Crippen molar-refractivity contribution in [3.8, 4) is 5.75 Å². The lowest BCUT2D eigenvalue weighted by Crippen LogP contribution is -2.11. The molecule has 0 unspecified atom stereocenters. The van der Waals surface area contributed by atoms with E-state index in [-0.39, 0.29) is 6.10 Å². The highest BCUT2D eigenvalue weighted by atomic mass is 35.5. The Balaban J connectivity index is 2.21. The summed E-state index contributed by atoms with van der Waals surface area (Å²) < 4.78 is 8.32. The van der Waals surface area contributed by atoms with Crippen LogP contribution in [-0.2, 0) is 6.54 Å². The van der Waals surface area contributed by atoms with E-state index >= 15 is 0 Å². The van der Waals surface area contributed by atoms with Crippen molar-refractivity contribution in [2.24, 2.45) is 0 Å². The van der Waals surface area contributed by atoms with Crippen LogP contribution >= 0.6 is 23.8 Å². The Kier molecular flexibility index (Phi) is 4.04. The van der Waals surface area contributed by atoms with Gasteiger partial charge in [0.2, 0.25) is 0 Å². The lowest BCUT2D eigenvalue weighted by molar-refractivity contribution is 0.210. The third-order valence-corrected chi connectivity index (χ3v) is 3.12. The van der Waals surface area contributed by atoms with E-state index in [2.05, 4.69) is 10.2 Å². The number of ether oxygens (including phenoxy) is 1. The van der Waals surface area contributed by atoms with Crippen molar-refractivity contribution >= 4 is 23.8 Å². The summed E-state index contributed by atoms with van der Waals surface area (Å²) in [6.07, 6.45) is -0.198. The molecule has 0 spiro atoms. The van der Waals surface area contributed by atoms with E-state index in [1.165, 1.54) is 0 Å². The van der Waals surface area contributed by atoms with E-state index in [9.17, 15) is 0 Å². The standard InChI is InChI=1S/C12H14ClN3OS/c1-3-16-11(14-15-12(16)18)8(2)17-10-6-4-5-9(13)7-10/h4-8H,3H2,1-2H3,(H,15,18)/t8-/m0/s1. The van der Waals surface area contributed by atoms with Gasteiger partial charge in [-0.05, 0) is 44.3 Å². The molecule has 0 saturated heterocycles. The molecule has 0 aliphatic carbocycles. The molecule has 1 aromatic heterocycles. The maximum Gasteiger partial charge on any atom is 0.195 e. The molecular formula is C12H14ClN3OS. The number of aromatic amines is 1. The molecule has 18 heavy (non-hydrogen) atoms. The van der Waals surface area contributed by atoms with Crippen LogP contribution in [0.15, 0.2) is 24.3 Å². The van der Waals surface area contributed by atoms with Crippen LogP contribution in [0.4, 0.5) is 0 Å². The Bertz CT molecular complexity index is 593. The molecule has 2 rings (SSSR count). The number of rotatable bonds is 4. The van der Waals surface area contributed by atoms with E-state index in [4.69, 9.17) is 28.6 Å². The number of benzene rings is 1. The first-order valence-corrected chi connectivity index (χ1v) is 6.47. The van der Waals surface area contributed by atoms with Crippen molar-refractivity contribution in [3.05, 3.63) is 39.9 Å². The average molecular weight is 284 g/mol. The van der Waals surface area contributed by atoms with Crippen molar-refractivity contribution in [1.82, 2.24) is 14.8 Å². The first-order chi connectivity index (χ1) is 8.61. The van der Waals surface area contributed by atoms with Gasteiger partial charge >= 0.3 is 0 Å². The molecule has 4 nitrogen and oxygen atoms in total. The third kappa shape index (κ3) is 2.73. The van der Waals surface area contributed by atoms with Gasteiger partial charge in [0.25, 0.3) is 0 Å². The second-order valence-electron chi connectivity index (χ2n) is 3.85. The third-order valence-electron chi connectivity index (χ3n) is 2.58. The lowest BCUT2D eigenvalue weighted by atomic mass is 10.3. The molecule has 96 valence electrons. The molecule has 1 aromatic carbocycles. The summed E-state index contributed by atoms with van der Waals surface area (Å²) in [6.45, 7) is 4.70. The predicted octanol–water partition coefficient (Wildman–Crippen LogP) is 3.75. The van der Waals surface area contributed by atoms with Crippen LogP contribution in [-0.4, -0.2) is 14.8 Å². The zero-order chi connectivity index (χ0) is 13.1. The van der Waals surface area contributed by atoms with Gasteiger partial charge in [-0.15, -0.1) is 0 Å². The molecule has 0 aliphatic rings. The zero-order valence-electron chi connectivity index (χ0n) is 10.2. The molecule has 0 fully saturated rings. The van der Waals surface area contributed by atoms with Gasteiger partial charge in [0.15, 0.2) is 16.7 Å². The van der Waals surface area contributed by atoms with Crippen molar-refractivity contribution in [2.75, 3.05) is 0 Å². The van der Waals surface area contributed by atoms with E-state index in [0.29, 0.717) is 15.5 Å². The van der Waals surface area contributed by atoms with Crippen LogP contribution in [0, 0.1) is 4.77 Å². The van der Waals surface area contributed by atoms with E-state index < -0.39 is 0 Å². The quantitative estimate of drug-likeness (QED) is 0.869. The van der Waals surface area contributed by atoms with Crippen molar-refractivity contribution in [3.63, 3.8) is 0 Å². The van der Waals surface area contributed by atoms with Crippen molar-refractivity contribution in [1.29, 1.82) is 0 Å². The lowest BCUT2D eigenvalue weighted by Gasteiger charge is -2.14. The van der Waals surface area contributed by atoms with Gasteiger partial charge in [-0.1, -0.05) is 17.7 Å². The summed E-state index contributed by atoms with van der Waals surface area (Å²) >= 11 is 11.1.